The van der Waals surface area contributed by atoms with Gasteiger partial charge in [0.25, 0.3) is 15.9 Å². The molecule has 7 nitrogen and oxygen atoms in total. The molecule has 25 heavy (non-hydrogen) atoms. The van der Waals surface area contributed by atoms with Crippen molar-refractivity contribution >= 4 is 15.9 Å². The van der Waals surface area contributed by atoms with Crippen LogP contribution in [0.15, 0.2) is 45.9 Å². The number of benzene rings is 1. The second-order valence-electron chi connectivity index (χ2n) is 5.57. The zero-order chi connectivity index (χ0) is 18.6. The molecule has 0 aliphatic carbocycles. The first-order valence-corrected chi connectivity index (χ1v) is 8.96. The number of nitrogens with zero attached hydrogens (tertiary/aromatic N) is 1. The Kier molecular flexibility index (Phi) is 5.93. The minimum absolute atomic E-state index is 0.120. The SMILES string of the molecule is CNS(=O)(=O)c1ccc(C(=O)NCC(c2cccc(F)c2)N(C)C)o1. The fraction of sp³-hybridized carbons (Fsp3) is 0.312. The average molecular weight is 369 g/mol. The van der Waals surface area contributed by atoms with Crippen molar-refractivity contribution in [2.75, 3.05) is 27.7 Å². The van der Waals surface area contributed by atoms with Crippen LogP contribution in [-0.2, 0) is 10.0 Å². The van der Waals surface area contributed by atoms with Crippen LogP contribution in [0.3, 0.4) is 0 Å². The number of sulfonamides is 1. The van der Waals surface area contributed by atoms with Gasteiger partial charge in [-0.1, -0.05) is 12.1 Å². The molecule has 1 heterocycles. The number of hydrogen-bond donors (Lipinski definition) is 2. The van der Waals surface area contributed by atoms with Crippen molar-refractivity contribution in [1.29, 1.82) is 0 Å². The first kappa shape index (κ1) is 19.1. The summed E-state index contributed by atoms with van der Waals surface area (Å²) in [6, 6.07) is 8.36. The molecule has 0 saturated heterocycles. The summed E-state index contributed by atoms with van der Waals surface area (Å²) in [4.78, 5) is 14.0. The highest BCUT2D eigenvalue weighted by atomic mass is 32.2. The number of hydrogen-bond acceptors (Lipinski definition) is 5. The van der Waals surface area contributed by atoms with E-state index in [2.05, 4.69) is 10.0 Å². The molecule has 1 unspecified atom stereocenters. The molecular weight excluding hydrogens is 349 g/mol. The highest BCUT2D eigenvalue weighted by Gasteiger charge is 2.21. The molecular formula is C16H20FN3O4S. The lowest BCUT2D eigenvalue weighted by Crippen LogP contribution is -2.34. The van der Waals surface area contributed by atoms with E-state index in [9.17, 15) is 17.6 Å². The Bertz CT molecular complexity index is 849. The highest BCUT2D eigenvalue weighted by Crippen LogP contribution is 2.19. The summed E-state index contributed by atoms with van der Waals surface area (Å²) < 4.78 is 43.9. The van der Waals surface area contributed by atoms with Gasteiger partial charge in [0.05, 0.1) is 6.04 Å². The molecule has 0 spiro atoms. The summed E-state index contributed by atoms with van der Waals surface area (Å²) in [5, 5.41) is 2.33. The summed E-state index contributed by atoms with van der Waals surface area (Å²) in [5.41, 5.74) is 0.711. The molecule has 2 aromatic rings. The lowest BCUT2D eigenvalue weighted by atomic mass is 10.1. The quantitative estimate of drug-likeness (QED) is 0.769. The van der Waals surface area contributed by atoms with Gasteiger partial charge in [-0.25, -0.2) is 17.5 Å². The van der Waals surface area contributed by atoms with Crippen LogP contribution in [0, 0.1) is 5.82 Å². The van der Waals surface area contributed by atoms with E-state index in [1.807, 2.05) is 19.0 Å². The highest BCUT2D eigenvalue weighted by molar-refractivity contribution is 7.89. The van der Waals surface area contributed by atoms with Crippen LogP contribution in [0.1, 0.15) is 22.2 Å². The van der Waals surface area contributed by atoms with E-state index in [0.717, 1.165) is 0 Å². The Morgan fingerprint density at radius 3 is 2.60 bits per heavy atom. The van der Waals surface area contributed by atoms with Crippen LogP contribution >= 0.6 is 0 Å². The lowest BCUT2D eigenvalue weighted by molar-refractivity contribution is 0.0908. The third-order valence-electron chi connectivity index (χ3n) is 3.65. The number of carbonyl (C=O) groups is 1. The van der Waals surface area contributed by atoms with Crippen LogP contribution < -0.4 is 10.0 Å². The summed E-state index contributed by atoms with van der Waals surface area (Å²) in [6.07, 6.45) is 0. The molecule has 2 N–H and O–H groups in total. The first-order valence-electron chi connectivity index (χ1n) is 7.48. The van der Waals surface area contributed by atoms with Gasteiger partial charge in [0, 0.05) is 6.54 Å². The number of nitrogens with one attached hydrogen (secondary N) is 2. The Labute approximate surface area is 145 Å². The predicted octanol–water partition coefficient (Wildman–Crippen LogP) is 1.36. The van der Waals surface area contributed by atoms with Crippen molar-refractivity contribution in [3.8, 4) is 0 Å². The normalized spacial score (nSPS) is 13.0. The smallest absolute Gasteiger partial charge is 0.287 e. The van der Waals surface area contributed by atoms with E-state index >= 15 is 0 Å². The second-order valence-corrected chi connectivity index (χ2v) is 7.39. The third kappa shape index (κ3) is 4.65. The van der Waals surface area contributed by atoms with Crippen molar-refractivity contribution < 1.29 is 22.0 Å². The molecule has 1 atom stereocenters. The molecule has 0 aliphatic rings. The zero-order valence-corrected chi connectivity index (χ0v) is 14.9. The maximum atomic E-state index is 13.4. The van der Waals surface area contributed by atoms with Gasteiger partial charge < -0.3 is 14.6 Å². The number of furan rings is 1. The zero-order valence-electron chi connectivity index (χ0n) is 14.1. The predicted molar refractivity (Wildman–Crippen MR) is 90.1 cm³/mol. The fourth-order valence-electron chi connectivity index (χ4n) is 2.28. The topological polar surface area (TPSA) is 91.6 Å². The van der Waals surface area contributed by atoms with Gasteiger partial charge in [0.1, 0.15) is 5.82 Å². The number of halogens is 1. The molecule has 1 aromatic carbocycles. The standard InChI is InChI=1S/C16H20FN3O4S/c1-18-25(22,23)15-8-7-14(24-15)16(21)19-10-13(20(2)3)11-5-4-6-12(17)9-11/h4-9,13,18H,10H2,1-3H3,(H,19,21). The monoisotopic (exact) mass is 369 g/mol. The van der Waals surface area contributed by atoms with Gasteiger partial charge in [-0.2, -0.15) is 0 Å². The van der Waals surface area contributed by atoms with Gasteiger partial charge in [0.15, 0.2) is 5.76 Å². The minimum atomic E-state index is -3.75. The molecule has 0 fully saturated rings. The van der Waals surface area contributed by atoms with Gasteiger partial charge >= 0.3 is 0 Å². The maximum Gasteiger partial charge on any atom is 0.287 e. The van der Waals surface area contributed by atoms with Crippen molar-refractivity contribution in [2.24, 2.45) is 0 Å². The van der Waals surface area contributed by atoms with E-state index in [1.165, 1.54) is 31.3 Å². The van der Waals surface area contributed by atoms with Gasteiger partial charge in [0.2, 0.25) is 5.09 Å². The van der Waals surface area contributed by atoms with Crippen LogP contribution in [0.4, 0.5) is 4.39 Å². The van der Waals surface area contributed by atoms with E-state index in [0.29, 0.717) is 5.56 Å². The summed E-state index contributed by atoms with van der Waals surface area (Å²) in [5.74, 6) is -1.03. The Morgan fingerprint density at radius 2 is 2.00 bits per heavy atom. The molecule has 0 bridgehead atoms. The van der Waals surface area contributed by atoms with E-state index in [1.54, 1.807) is 12.1 Å². The fourth-order valence-corrected chi connectivity index (χ4v) is 2.92. The van der Waals surface area contributed by atoms with Crippen molar-refractivity contribution in [2.45, 2.75) is 11.1 Å². The number of rotatable bonds is 7. The maximum absolute atomic E-state index is 13.4. The summed E-state index contributed by atoms with van der Waals surface area (Å²) >= 11 is 0. The molecule has 0 saturated carbocycles. The van der Waals surface area contributed by atoms with Crippen LogP contribution in [-0.4, -0.2) is 46.9 Å². The molecule has 0 radical (unpaired) electrons. The largest absolute Gasteiger partial charge is 0.438 e. The second kappa shape index (κ2) is 7.77. The Hall–Kier alpha value is -2.23. The Morgan fingerprint density at radius 1 is 1.28 bits per heavy atom. The average Bonchev–Trinajstić information content (AvgIpc) is 3.05. The summed E-state index contributed by atoms with van der Waals surface area (Å²) in [7, 11) is 1.12. The number of carbonyl (C=O) groups excluding carboxylic acids is 1. The molecule has 2 rings (SSSR count). The van der Waals surface area contributed by atoms with E-state index in [-0.39, 0.29) is 29.3 Å². The number of likely N-dealkylation sites (N-methyl/N-ethyl adjacent to an activating group) is 1. The molecule has 0 aliphatic heterocycles. The van der Waals surface area contributed by atoms with Crippen molar-refractivity contribution in [3.05, 3.63) is 53.5 Å². The Balaban J connectivity index is 2.09. The van der Waals surface area contributed by atoms with Crippen LogP contribution in [0.25, 0.3) is 0 Å². The first-order chi connectivity index (χ1) is 11.7. The van der Waals surface area contributed by atoms with E-state index in [4.69, 9.17) is 4.42 Å². The third-order valence-corrected chi connectivity index (χ3v) is 4.94. The van der Waals surface area contributed by atoms with Gasteiger partial charge in [-0.05, 0) is 51.0 Å². The summed E-state index contributed by atoms with van der Waals surface area (Å²) in [6.45, 7) is 0.199. The molecule has 136 valence electrons. The number of amides is 1. The molecule has 1 aromatic heterocycles. The van der Waals surface area contributed by atoms with E-state index < -0.39 is 15.9 Å². The van der Waals surface area contributed by atoms with Crippen molar-refractivity contribution in [1.82, 2.24) is 14.9 Å². The van der Waals surface area contributed by atoms with Gasteiger partial charge in [-0.3, -0.25) is 4.79 Å². The lowest BCUT2D eigenvalue weighted by Gasteiger charge is -2.25. The van der Waals surface area contributed by atoms with Gasteiger partial charge in [-0.15, -0.1) is 0 Å². The van der Waals surface area contributed by atoms with Crippen LogP contribution in [0.5, 0.6) is 0 Å². The van der Waals surface area contributed by atoms with Crippen LogP contribution in [0.2, 0.25) is 0 Å². The van der Waals surface area contributed by atoms with Crippen molar-refractivity contribution in [3.63, 3.8) is 0 Å². The molecule has 9 heteroatoms. The molecule has 1 amide bonds. The minimum Gasteiger partial charge on any atom is -0.438 e.